The quantitative estimate of drug-likeness (QED) is 0.726. The molecule has 0 amide bonds. The highest BCUT2D eigenvalue weighted by Gasteiger charge is 2.27. The molecule has 0 aliphatic rings. The second-order valence-electron chi connectivity index (χ2n) is 7.33. The van der Waals surface area contributed by atoms with Gasteiger partial charge in [0.2, 0.25) is 0 Å². The Morgan fingerprint density at radius 1 is 1.10 bits per heavy atom. The molecule has 0 aliphatic heterocycles. The normalized spacial score (nSPS) is 14.8. The number of hydrogen-bond acceptors (Lipinski definition) is 2. The molecule has 2 nitrogen and oxygen atoms in total. The lowest BCUT2D eigenvalue weighted by molar-refractivity contribution is 0.0814. The van der Waals surface area contributed by atoms with E-state index in [2.05, 4.69) is 72.0 Å². The molecule has 1 aromatic rings. The maximum Gasteiger partial charge on any atom is 0.123 e. The molecule has 0 radical (unpaired) electrons. The van der Waals surface area contributed by atoms with Crippen molar-refractivity contribution in [3.05, 3.63) is 29.3 Å². The highest BCUT2D eigenvalue weighted by atomic mass is 16.5. The minimum atomic E-state index is -0.162. The molecule has 0 spiro atoms. The van der Waals surface area contributed by atoms with Crippen LogP contribution in [0, 0.1) is 6.92 Å². The van der Waals surface area contributed by atoms with Gasteiger partial charge in [0.15, 0.2) is 0 Å². The summed E-state index contributed by atoms with van der Waals surface area (Å²) in [4.78, 5) is 0. The van der Waals surface area contributed by atoms with Gasteiger partial charge in [-0.15, -0.1) is 0 Å². The van der Waals surface area contributed by atoms with Crippen LogP contribution in [0.5, 0.6) is 5.75 Å². The molecule has 0 fully saturated rings. The minimum absolute atomic E-state index is 0.0901. The monoisotopic (exact) mass is 291 g/mol. The zero-order valence-corrected chi connectivity index (χ0v) is 15.0. The van der Waals surface area contributed by atoms with Crippen LogP contribution in [0.3, 0.4) is 0 Å². The molecule has 0 bridgehead atoms. The van der Waals surface area contributed by atoms with Crippen LogP contribution >= 0.6 is 0 Å². The van der Waals surface area contributed by atoms with E-state index in [1.54, 1.807) is 0 Å². The standard InChI is InChI=1S/C19H33NO/c1-8-12-20-14-19(7,9-2)21-17-11-10-15(3)13-16(17)18(4,5)6/h10-11,13,20H,8-9,12,14H2,1-7H3. The third-order valence-corrected chi connectivity index (χ3v) is 3.97. The molecule has 0 aromatic heterocycles. The number of rotatable bonds is 7. The molecule has 0 heterocycles. The van der Waals surface area contributed by atoms with E-state index < -0.39 is 0 Å². The molecule has 0 aliphatic carbocycles. The largest absolute Gasteiger partial charge is 0.486 e. The van der Waals surface area contributed by atoms with Crippen molar-refractivity contribution >= 4 is 0 Å². The lowest BCUT2D eigenvalue weighted by Gasteiger charge is -2.33. The predicted molar refractivity (Wildman–Crippen MR) is 92.4 cm³/mol. The smallest absolute Gasteiger partial charge is 0.123 e. The molecular formula is C19H33NO. The lowest BCUT2D eigenvalue weighted by Crippen LogP contribution is -2.43. The van der Waals surface area contributed by atoms with Crippen LogP contribution in [-0.2, 0) is 5.41 Å². The Labute approximate surface area is 131 Å². The first kappa shape index (κ1) is 18.0. The number of benzene rings is 1. The zero-order valence-electron chi connectivity index (χ0n) is 15.0. The van der Waals surface area contributed by atoms with Gasteiger partial charge >= 0.3 is 0 Å². The lowest BCUT2D eigenvalue weighted by atomic mass is 9.85. The van der Waals surface area contributed by atoms with Gasteiger partial charge in [0.25, 0.3) is 0 Å². The van der Waals surface area contributed by atoms with E-state index in [1.165, 1.54) is 11.1 Å². The summed E-state index contributed by atoms with van der Waals surface area (Å²) >= 11 is 0. The minimum Gasteiger partial charge on any atom is -0.486 e. The number of aryl methyl sites for hydroxylation is 1. The molecule has 2 heteroatoms. The average molecular weight is 291 g/mol. The van der Waals surface area contributed by atoms with Crippen LogP contribution in [0.2, 0.25) is 0 Å². The molecule has 1 N–H and O–H groups in total. The van der Waals surface area contributed by atoms with E-state index in [-0.39, 0.29) is 11.0 Å². The fourth-order valence-corrected chi connectivity index (χ4v) is 2.35. The second-order valence-corrected chi connectivity index (χ2v) is 7.33. The van der Waals surface area contributed by atoms with Crippen LogP contribution < -0.4 is 10.1 Å². The highest BCUT2D eigenvalue weighted by Crippen LogP contribution is 2.34. The van der Waals surface area contributed by atoms with Gasteiger partial charge in [-0.05, 0) is 50.3 Å². The first-order valence-corrected chi connectivity index (χ1v) is 8.22. The van der Waals surface area contributed by atoms with Crippen molar-refractivity contribution in [3.8, 4) is 5.75 Å². The van der Waals surface area contributed by atoms with E-state index in [0.717, 1.165) is 31.7 Å². The summed E-state index contributed by atoms with van der Waals surface area (Å²) < 4.78 is 6.45. The molecule has 1 atom stereocenters. The average Bonchev–Trinajstić information content (AvgIpc) is 2.40. The van der Waals surface area contributed by atoms with Crippen molar-refractivity contribution in [1.29, 1.82) is 0 Å². The summed E-state index contributed by atoms with van der Waals surface area (Å²) in [6.45, 7) is 17.4. The Hall–Kier alpha value is -1.02. The van der Waals surface area contributed by atoms with E-state index in [1.807, 2.05) is 0 Å². The predicted octanol–water partition coefficient (Wildman–Crippen LogP) is 4.84. The van der Waals surface area contributed by atoms with Crippen molar-refractivity contribution < 1.29 is 4.74 Å². The van der Waals surface area contributed by atoms with E-state index in [4.69, 9.17) is 4.74 Å². The summed E-state index contributed by atoms with van der Waals surface area (Å²) in [6.07, 6.45) is 2.14. The molecular weight excluding hydrogens is 258 g/mol. The molecule has 0 saturated heterocycles. The fourth-order valence-electron chi connectivity index (χ4n) is 2.35. The van der Waals surface area contributed by atoms with Crippen LogP contribution in [0.4, 0.5) is 0 Å². The third kappa shape index (κ3) is 5.35. The number of hydrogen-bond donors (Lipinski definition) is 1. The Morgan fingerprint density at radius 2 is 1.76 bits per heavy atom. The van der Waals surface area contributed by atoms with Crippen molar-refractivity contribution in [2.45, 2.75) is 72.3 Å². The first-order valence-electron chi connectivity index (χ1n) is 8.22. The van der Waals surface area contributed by atoms with Gasteiger partial charge in [-0.3, -0.25) is 0 Å². The SMILES string of the molecule is CCCNCC(C)(CC)Oc1ccc(C)cc1C(C)(C)C. The zero-order chi connectivity index (χ0) is 16.1. The van der Waals surface area contributed by atoms with Gasteiger partial charge in [0, 0.05) is 6.54 Å². The summed E-state index contributed by atoms with van der Waals surface area (Å²) in [5.74, 6) is 1.02. The van der Waals surface area contributed by atoms with E-state index >= 15 is 0 Å². The van der Waals surface area contributed by atoms with E-state index in [9.17, 15) is 0 Å². The van der Waals surface area contributed by atoms with Crippen LogP contribution in [0.25, 0.3) is 0 Å². The van der Waals surface area contributed by atoms with Crippen molar-refractivity contribution in [3.63, 3.8) is 0 Å². The Balaban J connectivity index is 2.99. The third-order valence-electron chi connectivity index (χ3n) is 3.97. The molecule has 0 saturated carbocycles. The van der Waals surface area contributed by atoms with Gasteiger partial charge < -0.3 is 10.1 Å². The Bertz CT molecular complexity index is 447. The fraction of sp³-hybridized carbons (Fsp3) is 0.684. The van der Waals surface area contributed by atoms with Gasteiger partial charge in [-0.1, -0.05) is 52.3 Å². The summed E-state index contributed by atoms with van der Waals surface area (Å²) in [5, 5.41) is 3.49. The number of nitrogens with one attached hydrogen (secondary N) is 1. The van der Waals surface area contributed by atoms with Crippen molar-refractivity contribution in [1.82, 2.24) is 5.32 Å². The maximum absolute atomic E-state index is 6.45. The van der Waals surface area contributed by atoms with Gasteiger partial charge in [0.1, 0.15) is 11.4 Å². The molecule has 1 rings (SSSR count). The second kappa shape index (κ2) is 7.31. The van der Waals surface area contributed by atoms with Crippen LogP contribution in [-0.4, -0.2) is 18.7 Å². The first-order chi connectivity index (χ1) is 9.72. The Morgan fingerprint density at radius 3 is 2.29 bits per heavy atom. The molecule has 21 heavy (non-hydrogen) atoms. The summed E-state index contributed by atoms with van der Waals surface area (Å²) in [5.41, 5.74) is 2.50. The van der Waals surface area contributed by atoms with E-state index in [0.29, 0.717) is 0 Å². The molecule has 1 aromatic carbocycles. The summed E-state index contributed by atoms with van der Waals surface area (Å²) in [7, 11) is 0. The Kier molecular flexibility index (Phi) is 6.27. The highest BCUT2D eigenvalue weighted by molar-refractivity contribution is 5.41. The van der Waals surface area contributed by atoms with Gasteiger partial charge in [-0.25, -0.2) is 0 Å². The van der Waals surface area contributed by atoms with Crippen molar-refractivity contribution in [2.24, 2.45) is 0 Å². The van der Waals surface area contributed by atoms with Gasteiger partial charge in [0.05, 0.1) is 0 Å². The topological polar surface area (TPSA) is 21.3 Å². The number of ether oxygens (including phenoxy) is 1. The van der Waals surface area contributed by atoms with Crippen molar-refractivity contribution in [2.75, 3.05) is 13.1 Å². The summed E-state index contributed by atoms with van der Waals surface area (Å²) in [6, 6.07) is 6.52. The van der Waals surface area contributed by atoms with Crippen LogP contribution in [0.1, 0.15) is 65.5 Å². The van der Waals surface area contributed by atoms with Gasteiger partial charge in [-0.2, -0.15) is 0 Å². The molecule has 1 unspecified atom stereocenters. The maximum atomic E-state index is 6.45. The molecule has 120 valence electrons. The van der Waals surface area contributed by atoms with Crippen LogP contribution in [0.15, 0.2) is 18.2 Å².